The van der Waals surface area contributed by atoms with Gasteiger partial charge in [0.2, 0.25) is 0 Å². The van der Waals surface area contributed by atoms with Gasteiger partial charge in [0.05, 0.1) is 12.0 Å². The van der Waals surface area contributed by atoms with Crippen molar-refractivity contribution >= 4 is 5.97 Å². The summed E-state index contributed by atoms with van der Waals surface area (Å²) < 4.78 is 16.7. The van der Waals surface area contributed by atoms with E-state index in [0.717, 1.165) is 0 Å². The highest BCUT2D eigenvalue weighted by molar-refractivity contribution is 5.75. The van der Waals surface area contributed by atoms with E-state index in [0.29, 0.717) is 6.61 Å². The number of hydrogen-bond acceptors (Lipinski definition) is 2. The molecule has 1 rings (SSSR count). The Balaban J connectivity index is 0.000000288. The number of halogens is 1. The minimum atomic E-state index is -0.351. The van der Waals surface area contributed by atoms with E-state index in [2.05, 4.69) is 0 Å². The van der Waals surface area contributed by atoms with Crippen LogP contribution < -0.4 is 0 Å². The summed E-state index contributed by atoms with van der Waals surface area (Å²) in [4.78, 5) is 10.8. The lowest BCUT2D eigenvalue weighted by atomic mass is 9.97. The molecular weight excluding hydrogens is 207 g/mol. The van der Waals surface area contributed by atoms with Crippen LogP contribution in [0, 0.1) is 11.2 Å². The predicted molar refractivity (Wildman–Crippen MR) is 62.5 cm³/mol. The number of benzene rings is 1. The normalized spacial score (nSPS) is 10.1. The van der Waals surface area contributed by atoms with Gasteiger partial charge in [-0.2, -0.15) is 0 Å². The molecular formula is C13H19FO2. The fourth-order valence-corrected chi connectivity index (χ4v) is 0.762. The summed E-state index contributed by atoms with van der Waals surface area (Å²) in [6.45, 7) is 7.79. The van der Waals surface area contributed by atoms with Crippen molar-refractivity contribution in [3.8, 4) is 0 Å². The second-order valence-corrected chi connectivity index (χ2v) is 4.27. The molecule has 0 bridgehead atoms. The van der Waals surface area contributed by atoms with Crippen molar-refractivity contribution in [2.75, 3.05) is 6.61 Å². The van der Waals surface area contributed by atoms with Gasteiger partial charge in [-0.3, -0.25) is 4.79 Å². The van der Waals surface area contributed by atoms with E-state index in [1.54, 1.807) is 18.2 Å². The van der Waals surface area contributed by atoms with Gasteiger partial charge in [-0.05, 0) is 39.8 Å². The molecule has 1 aromatic carbocycles. The smallest absolute Gasteiger partial charge is 0.311 e. The summed E-state index contributed by atoms with van der Waals surface area (Å²) in [7, 11) is 0. The summed E-state index contributed by atoms with van der Waals surface area (Å²) in [5.74, 6) is -0.312. The molecule has 0 unspecified atom stereocenters. The molecule has 0 N–H and O–H groups in total. The minimum absolute atomic E-state index is 0.134. The number of carbonyl (C=O) groups is 1. The predicted octanol–water partition coefficient (Wildman–Crippen LogP) is 3.42. The first-order valence-corrected chi connectivity index (χ1v) is 5.25. The zero-order valence-corrected chi connectivity index (χ0v) is 10.3. The molecule has 3 heteroatoms. The zero-order valence-electron chi connectivity index (χ0n) is 10.3. The van der Waals surface area contributed by atoms with Crippen LogP contribution in [0.5, 0.6) is 0 Å². The molecule has 0 saturated heterocycles. The fourth-order valence-electron chi connectivity index (χ4n) is 0.762. The fraction of sp³-hybridized carbons (Fsp3) is 0.462. The van der Waals surface area contributed by atoms with Gasteiger partial charge in [0.1, 0.15) is 5.82 Å². The monoisotopic (exact) mass is 226 g/mol. The van der Waals surface area contributed by atoms with Crippen molar-refractivity contribution in [1.29, 1.82) is 0 Å². The molecule has 1 aromatic rings. The molecule has 0 aliphatic carbocycles. The number of rotatable bonds is 1. The molecule has 0 saturated carbocycles. The van der Waals surface area contributed by atoms with Gasteiger partial charge < -0.3 is 4.74 Å². The third-order valence-electron chi connectivity index (χ3n) is 1.62. The van der Waals surface area contributed by atoms with Crippen molar-refractivity contribution in [2.24, 2.45) is 5.41 Å². The van der Waals surface area contributed by atoms with Gasteiger partial charge in [-0.15, -0.1) is 0 Å². The number of esters is 1. The third kappa shape index (κ3) is 6.98. The molecule has 90 valence electrons. The van der Waals surface area contributed by atoms with Crippen LogP contribution in [-0.2, 0) is 9.53 Å². The highest BCUT2D eigenvalue weighted by Gasteiger charge is 2.21. The maximum absolute atomic E-state index is 11.9. The van der Waals surface area contributed by atoms with Crippen LogP contribution in [0.25, 0.3) is 0 Å². The maximum Gasteiger partial charge on any atom is 0.311 e. The van der Waals surface area contributed by atoms with Gasteiger partial charge in [-0.25, -0.2) is 4.39 Å². The second kappa shape index (κ2) is 6.99. The molecule has 2 nitrogen and oxygen atoms in total. The topological polar surface area (TPSA) is 26.3 Å². The molecule has 0 spiro atoms. The van der Waals surface area contributed by atoms with E-state index < -0.39 is 0 Å². The Labute approximate surface area is 96.4 Å². The number of ether oxygens (including phenoxy) is 1. The zero-order chi connectivity index (χ0) is 12.6. The third-order valence-corrected chi connectivity index (χ3v) is 1.62. The highest BCUT2D eigenvalue weighted by Crippen LogP contribution is 2.14. The van der Waals surface area contributed by atoms with Crippen LogP contribution in [0.1, 0.15) is 27.7 Å². The molecule has 16 heavy (non-hydrogen) atoms. The van der Waals surface area contributed by atoms with Crippen LogP contribution >= 0.6 is 0 Å². The van der Waals surface area contributed by atoms with Crippen LogP contribution in [0.4, 0.5) is 4.39 Å². The number of hydrogen-bond donors (Lipinski definition) is 0. The van der Waals surface area contributed by atoms with E-state index >= 15 is 0 Å². The molecule has 0 aliphatic rings. The average molecular weight is 226 g/mol. The lowest BCUT2D eigenvalue weighted by Gasteiger charge is -2.14. The first-order chi connectivity index (χ1) is 7.38. The Hall–Kier alpha value is -1.38. The second-order valence-electron chi connectivity index (χ2n) is 4.27. The molecule has 0 amide bonds. The molecule has 0 heterocycles. The lowest BCUT2D eigenvalue weighted by Crippen LogP contribution is -2.22. The summed E-state index contributed by atoms with van der Waals surface area (Å²) >= 11 is 0. The first-order valence-electron chi connectivity index (χ1n) is 5.25. The largest absolute Gasteiger partial charge is 0.466 e. The molecule has 0 aliphatic heterocycles. The molecule has 0 fully saturated rings. The van der Waals surface area contributed by atoms with Gasteiger partial charge in [-0.1, -0.05) is 18.2 Å². The van der Waals surface area contributed by atoms with Crippen LogP contribution in [0.15, 0.2) is 30.3 Å². The summed E-state index contributed by atoms with van der Waals surface area (Å²) in [5.41, 5.74) is -0.351. The van der Waals surface area contributed by atoms with Gasteiger partial charge in [0, 0.05) is 0 Å². The Morgan fingerprint density at radius 2 is 1.75 bits per heavy atom. The molecule has 0 radical (unpaired) electrons. The SMILES string of the molecule is CCOC(=O)C(C)(C)C.Fc1ccccc1. The Bertz CT molecular complexity index is 301. The average Bonchev–Trinajstić information content (AvgIpc) is 2.19. The van der Waals surface area contributed by atoms with Crippen molar-refractivity contribution in [2.45, 2.75) is 27.7 Å². The maximum atomic E-state index is 11.9. The van der Waals surface area contributed by atoms with Crippen LogP contribution in [0.3, 0.4) is 0 Å². The van der Waals surface area contributed by atoms with E-state index in [4.69, 9.17) is 4.74 Å². The van der Waals surface area contributed by atoms with Gasteiger partial charge in [0.15, 0.2) is 0 Å². The molecule has 0 atom stereocenters. The van der Waals surface area contributed by atoms with Crippen molar-refractivity contribution in [3.05, 3.63) is 36.1 Å². The van der Waals surface area contributed by atoms with E-state index in [1.807, 2.05) is 27.7 Å². The minimum Gasteiger partial charge on any atom is -0.466 e. The Kier molecular flexibility index (Phi) is 6.38. The summed E-state index contributed by atoms with van der Waals surface area (Å²) in [6, 6.07) is 7.94. The van der Waals surface area contributed by atoms with Crippen molar-refractivity contribution in [3.63, 3.8) is 0 Å². The van der Waals surface area contributed by atoms with Crippen LogP contribution in [-0.4, -0.2) is 12.6 Å². The van der Waals surface area contributed by atoms with Gasteiger partial charge >= 0.3 is 5.97 Å². The highest BCUT2D eigenvalue weighted by atomic mass is 19.1. The van der Waals surface area contributed by atoms with Crippen molar-refractivity contribution in [1.82, 2.24) is 0 Å². The van der Waals surface area contributed by atoms with Crippen LogP contribution in [0.2, 0.25) is 0 Å². The van der Waals surface area contributed by atoms with E-state index in [9.17, 15) is 9.18 Å². The quantitative estimate of drug-likeness (QED) is 0.686. The van der Waals surface area contributed by atoms with E-state index in [-0.39, 0.29) is 17.2 Å². The molecule has 0 aromatic heterocycles. The van der Waals surface area contributed by atoms with Crippen molar-refractivity contribution < 1.29 is 13.9 Å². The first kappa shape index (κ1) is 14.6. The van der Waals surface area contributed by atoms with E-state index in [1.165, 1.54) is 12.1 Å². The Morgan fingerprint density at radius 1 is 1.25 bits per heavy atom. The standard InChI is InChI=1S/C7H14O2.C6H5F/c1-5-9-6(8)7(2,3)4;7-6-4-2-1-3-5-6/h5H2,1-4H3;1-5H. The number of carbonyl (C=O) groups excluding carboxylic acids is 1. The Morgan fingerprint density at radius 3 is 1.94 bits per heavy atom. The summed E-state index contributed by atoms with van der Waals surface area (Å²) in [5, 5.41) is 0. The van der Waals surface area contributed by atoms with Gasteiger partial charge in [0.25, 0.3) is 0 Å². The lowest BCUT2D eigenvalue weighted by molar-refractivity contribution is -0.152. The summed E-state index contributed by atoms with van der Waals surface area (Å²) in [6.07, 6.45) is 0.